The molecule has 0 bridgehead atoms. The summed E-state index contributed by atoms with van der Waals surface area (Å²) in [5, 5.41) is 7.22. The first-order chi connectivity index (χ1) is 4.20. The van der Waals surface area contributed by atoms with Gasteiger partial charge in [-0.15, -0.1) is 10.2 Å². The quantitative estimate of drug-likeness (QED) is 0.468. The monoisotopic (exact) mass is 205 g/mol. The first-order valence-corrected chi connectivity index (χ1v) is 3.11. The van der Waals surface area contributed by atoms with E-state index in [2.05, 4.69) is 22.4 Å². The van der Waals surface area contributed by atoms with E-state index in [1.54, 1.807) is 0 Å². The van der Waals surface area contributed by atoms with Crippen molar-refractivity contribution in [2.75, 3.05) is 0 Å². The molecule has 0 saturated carbocycles. The van der Waals surface area contributed by atoms with Gasteiger partial charge in [-0.25, -0.2) is 0 Å². The SMILES string of the molecule is S=c1cnn(Cl)nc1Cl.[NaH]. The normalized spacial score (nSPS) is 8.60. The van der Waals surface area contributed by atoms with Crippen LogP contribution in [-0.2, 0) is 0 Å². The maximum absolute atomic E-state index is 5.45. The summed E-state index contributed by atoms with van der Waals surface area (Å²) in [7, 11) is 0. The zero-order chi connectivity index (χ0) is 6.85. The van der Waals surface area contributed by atoms with Gasteiger partial charge in [0.25, 0.3) is 0 Å². The van der Waals surface area contributed by atoms with Gasteiger partial charge in [-0.3, -0.25) is 0 Å². The van der Waals surface area contributed by atoms with Crippen LogP contribution in [0.25, 0.3) is 0 Å². The van der Waals surface area contributed by atoms with Gasteiger partial charge >= 0.3 is 29.6 Å². The molecule has 1 rings (SSSR count). The molecule has 0 aliphatic carbocycles. The summed E-state index contributed by atoms with van der Waals surface area (Å²) in [6.07, 6.45) is 1.36. The zero-order valence-electron chi connectivity index (χ0n) is 4.08. The van der Waals surface area contributed by atoms with Gasteiger partial charge in [-0.05, 0) is 0 Å². The van der Waals surface area contributed by atoms with Crippen LogP contribution in [0, 0.1) is 4.51 Å². The van der Waals surface area contributed by atoms with E-state index < -0.39 is 0 Å². The van der Waals surface area contributed by atoms with Crippen LogP contribution in [0.1, 0.15) is 0 Å². The molecule has 0 atom stereocenters. The van der Waals surface area contributed by atoms with Crippen LogP contribution in [0.2, 0.25) is 5.15 Å². The van der Waals surface area contributed by atoms with E-state index in [0.29, 0.717) is 4.51 Å². The van der Waals surface area contributed by atoms with E-state index in [4.69, 9.17) is 23.4 Å². The Balaban J connectivity index is 0.000000810. The Labute approximate surface area is 94.7 Å². The average molecular weight is 206 g/mol. The van der Waals surface area contributed by atoms with Crippen LogP contribution in [0.4, 0.5) is 0 Å². The van der Waals surface area contributed by atoms with Crippen molar-refractivity contribution in [1.29, 1.82) is 0 Å². The number of aromatic nitrogens is 3. The first-order valence-electron chi connectivity index (χ1n) is 1.98. The van der Waals surface area contributed by atoms with Gasteiger partial charge in [-0.1, -0.05) is 28.1 Å². The summed E-state index contributed by atoms with van der Waals surface area (Å²) in [6.45, 7) is 0. The molecule has 1 heterocycles. The third-order valence-electron chi connectivity index (χ3n) is 0.644. The number of hydrogen-bond acceptors (Lipinski definition) is 3. The van der Waals surface area contributed by atoms with Crippen LogP contribution in [0.3, 0.4) is 0 Å². The molecule has 0 aromatic carbocycles. The summed E-state index contributed by atoms with van der Waals surface area (Å²) in [4.78, 5) is 0. The molecule has 50 valence electrons. The van der Waals surface area contributed by atoms with Crippen molar-refractivity contribution in [3.63, 3.8) is 0 Å². The molecular weight excluding hydrogens is 204 g/mol. The molecule has 10 heavy (non-hydrogen) atoms. The Morgan fingerprint density at radius 1 is 1.60 bits per heavy atom. The van der Waals surface area contributed by atoms with Crippen molar-refractivity contribution in [1.82, 2.24) is 14.5 Å². The van der Waals surface area contributed by atoms with Crippen molar-refractivity contribution in [2.24, 2.45) is 0 Å². The molecule has 3 nitrogen and oxygen atoms in total. The van der Waals surface area contributed by atoms with Crippen molar-refractivity contribution in [3.05, 3.63) is 15.9 Å². The van der Waals surface area contributed by atoms with E-state index in [0.717, 1.165) is 4.32 Å². The third-order valence-corrected chi connectivity index (χ3v) is 1.50. The molecule has 0 spiro atoms. The van der Waals surface area contributed by atoms with Gasteiger partial charge in [0, 0.05) is 0 Å². The molecule has 0 aliphatic heterocycles. The fourth-order valence-electron chi connectivity index (χ4n) is 0.301. The predicted molar refractivity (Wildman–Crippen MR) is 44.3 cm³/mol. The Bertz CT molecular complexity index is 275. The molecule has 1 aromatic rings. The predicted octanol–water partition coefficient (Wildman–Crippen LogP) is 1.01. The molecular formula is C3H2Cl2N3NaS. The molecule has 0 unspecified atom stereocenters. The van der Waals surface area contributed by atoms with Gasteiger partial charge in [0.05, 0.1) is 22.5 Å². The van der Waals surface area contributed by atoms with E-state index in [1.807, 2.05) is 0 Å². The minimum absolute atomic E-state index is 0. The maximum atomic E-state index is 5.45. The summed E-state index contributed by atoms with van der Waals surface area (Å²) >= 11 is 15.4. The summed E-state index contributed by atoms with van der Waals surface area (Å²) < 4.78 is 1.23. The van der Waals surface area contributed by atoms with Crippen molar-refractivity contribution >= 4 is 65.2 Å². The molecule has 0 aliphatic rings. The van der Waals surface area contributed by atoms with Gasteiger partial charge in [0.2, 0.25) is 0 Å². The van der Waals surface area contributed by atoms with Gasteiger partial charge in [-0.2, -0.15) is 0 Å². The molecule has 0 fully saturated rings. The average Bonchev–Trinajstić information content (AvgIpc) is 1.80. The van der Waals surface area contributed by atoms with Gasteiger partial charge < -0.3 is 0 Å². The number of rotatable bonds is 0. The Hall–Kier alpha value is 0.810. The van der Waals surface area contributed by atoms with E-state index in [1.165, 1.54) is 6.20 Å². The summed E-state index contributed by atoms with van der Waals surface area (Å²) in [5.41, 5.74) is 0. The van der Waals surface area contributed by atoms with Crippen molar-refractivity contribution < 1.29 is 0 Å². The molecule has 1 aromatic heterocycles. The molecule has 0 radical (unpaired) electrons. The zero-order valence-corrected chi connectivity index (χ0v) is 6.41. The Morgan fingerprint density at radius 3 is 2.60 bits per heavy atom. The second kappa shape index (κ2) is 4.64. The molecule has 0 N–H and O–H groups in total. The first kappa shape index (κ1) is 10.8. The second-order valence-corrected chi connectivity index (χ2v) is 2.34. The number of halogens is 2. The molecule has 7 heteroatoms. The molecule has 0 saturated heterocycles. The van der Waals surface area contributed by atoms with E-state index >= 15 is 0 Å². The van der Waals surface area contributed by atoms with Crippen LogP contribution in [0.15, 0.2) is 6.20 Å². The number of hydrogen-bond donors (Lipinski definition) is 0. The van der Waals surface area contributed by atoms with Crippen LogP contribution < -0.4 is 0 Å². The van der Waals surface area contributed by atoms with Crippen molar-refractivity contribution in [2.45, 2.75) is 0 Å². The fraction of sp³-hybridized carbons (Fsp3) is 0. The summed E-state index contributed by atoms with van der Waals surface area (Å²) in [5.74, 6) is 0. The van der Waals surface area contributed by atoms with Gasteiger partial charge in [0.15, 0.2) is 5.15 Å². The summed E-state index contributed by atoms with van der Waals surface area (Å²) in [6, 6.07) is 0. The Morgan fingerprint density at radius 2 is 2.20 bits per heavy atom. The third kappa shape index (κ3) is 2.82. The van der Waals surface area contributed by atoms with Crippen molar-refractivity contribution in [3.8, 4) is 0 Å². The van der Waals surface area contributed by atoms with Gasteiger partial charge in [0.1, 0.15) is 0 Å². The van der Waals surface area contributed by atoms with Crippen LogP contribution in [0.5, 0.6) is 0 Å². The fourth-order valence-corrected chi connectivity index (χ4v) is 0.667. The van der Waals surface area contributed by atoms with Crippen LogP contribution >= 0.6 is 35.6 Å². The number of nitrogens with zero attached hydrogens (tertiary/aromatic N) is 3. The van der Waals surface area contributed by atoms with E-state index in [-0.39, 0.29) is 34.7 Å². The topological polar surface area (TPSA) is 30.7 Å². The van der Waals surface area contributed by atoms with Crippen LogP contribution in [-0.4, -0.2) is 44.1 Å². The second-order valence-electron chi connectivity index (χ2n) is 1.24. The standard InChI is InChI=1S/C3HCl2N3S.Na.H/c4-3-2(9)1-6-8(5)7-3;;/h1H;;. The Kier molecular flexibility index (Phi) is 5.02. The molecule has 0 amide bonds. The minimum atomic E-state index is 0. The van der Waals surface area contributed by atoms with E-state index in [9.17, 15) is 0 Å².